The van der Waals surface area contributed by atoms with E-state index in [0.717, 1.165) is 16.7 Å². The Bertz CT molecular complexity index is 1120. The molecule has 0 radical (unpaired) electrons. The summed E-state index contributed by atoms with van der Waals surface area (Å²) in [6.45, 7) is 3.21. The smallest absolute Gasteiger partial charge is 0.331 e. The van der Waals surface area contributed by atoms with Crippen molar-refractivity contribution in [1.82, 2.24) is 9.62 Å². The third kappa shape index (κ3) is 3.07. The minimum atomic E-state index is -4.15. The van der Waals surface area contributed by atoms with Crippen LogP contribution in [0, 0.1) is 5.92 Å². The molecular formula is C21H22Cl2N2O4S. The number of rotatable bonds is 4. The Morgan fingerprint density at radius 2 is 1.87 bits per heavy atom. The number of benzene rings is 2. The summed E-state index contributed by atoms with van der Waals surface area (Å²) in [5, 5.41) is 14.2. The van der Waals surface area contributed by atoms with Crippen LogP contribution in [-0.2, 0) is 26.0 Å². The monoisotopic (exact) mass is 468 g/mol. The number of nitrogens with zero attached hydrogens (tertiary/aromatic N) is 1. The lowest BCUT2D eigenvalue weighted by molar-refractivity contribution is -0.141. The van der Waals surface area contributed by atoms with E-state index in [9.17, 15) is 18.3 Å². The van der Waals surface area contributed by atoms with E-state index in [1.54, 1.807) is 37.3 Å². The Kier molecular flexibility index (Phi) is 5.61. The molecule has 1 unspecified atom stereocenters. The van der Waals surface area contributed by atoms with E-state index in [-0.39, 0.29) is 13.1 Å². The van der Waals surface area contributed by atoms with Gasteiger partial charge in [-0.05, 0) is 46.7 Å². The molecular weight excluding hydrogens is 447 g/mol. The number of hydrogen-bond acceptors (Lipinski definition) is 4. The maximum Gasteiger partial charge on any atom is 0.331 e. The molecule has 0 aromatic heterocycles. The lowest BCUT2D eigenvalue weighted by Gasteiger charge is -2.37. The normalized spacial score (nSPS) is 24.6. The first-order chi connectivity index (χ1) is 14.2. The van der Waals surface area contributed by atoms with Crippen molar-refractivity contribution in [3.63, 3.8) is 0 Å². The van der Waals surface area contributed by atoms with Crippen LogP contribution in [0.15, 0.2) is 36.4 Å². The molecule has 1 heterocycles. The number of halogens is 2. The van der Waals surface area contributed by atoms with Crippen LogP contribution in [0.2, 0.25) is 10.0 Å². The summed E-state index contributed by atoms with van der Waals surface area (Å²) in [4.78, 5) is 12.7. The van der Waals surface area contributed by atoms with E-state index in [0.29, 0.717) is 35.1 Å². The van der Waals surface area contributed by atoms with Crippen molar-refractivity contribution in [1.29, 1.82) is 0 Å². The van der Waals surface area contributed by atoms with Crippen molar-refractivity contribution in [2.45, 2.75) is 18.1 Å². The standard InChI is InChI=1S/C21H22Cl2N2O4S/c1-13-11-16-15(14-5-6-18(22)19(23)12-14)3-2-4-17(16)21(13,20(26)27)30(28,29)25-9-7-24-8-10-25/h2-6,12-13,24H,7-11H2,1H3,(H,26,27)/t13?,21-/m0/s1. The Labute approximate surface area is 185 Å². The molecule has 0 amide bonds. The molecule has 2 aromatic carbocycles. The second-order valence-corrected chi connectivity index (χ2v) is 10.7. The quantitative estimate of drug-likeness (QED) is 0.717. The average molecular weight is 469 g/mol. The highest BCUT2D eigenvalue weighted by Crippen LogP contribution is 2.51. The van der Waals surface area contributed by atoms with Crippen molar-refractivity contribution in [3.05, 3.63) is 57.6 Å². The molecule has 2 aromatic rings. The molecule has 1 aliphatic carbocycles. The van der Waals surface area contributed by atoms with Gasteiger partial charge in [-0.2, -0.15) is 4.31 Å². The van der Waals surface area contributed by atoms with Crippen molar-refractivity contribution in [2.24, 2.45) is 5.92 Å². The molecule has 1 saturated heterocycles. The Balaban J connectivity index is 1.93. The minimum Gasteiger partial charge on any atom is -0.480 e. The van der Waals surface area contributed by atoms with E-state index in [1.807, 2.05) is 6.07 Å². The van der Waals surface area contributed by atoms with Gasteiger partial charge in [0.05, 0.1) is 10.0 Å². The molecule has 6 nitrogen and oxygen atoms in total. The third-order valence-corrected chi connectivity index (χ3v) is 9.55. The SMILES string of the molecule is CC1Cc2c(-c3ccc(Cl)c(Cl)c3)cccc2[C@@]1(C(=O)O)S(=O)(=O)N1CCNCC1. The minimum absolute atomic E-state index is 0.256. The zero-order valence-electron chi connectivity index (χ0n) is 16.4. The highest BCUT2D eigenvalue weighted by molar-refractivity contribution is 7.90. The van der Waals surface area contributed by atoms with Gasteiger partial charge in [0.1, 0.15) is 0 Å². The second kappa shape index (κ2) is 7.80. The van der Waals surface area contributed by atoms with Crippen molar-refractivity contribution >= 4 is 39.2 Å². The van der Waals surface area contributed by atoms with E-state index >= 15 is 0 Å². The highest BCUT2D eigenvalue weighted by atomic mass is 35.5. The number of sulfonamides is 1. The molecule has 2 N–H and O–H groups in total. The van der Waals surface area contributed by atoms with E-state index in [4.69, 9.17) is 23.2 Å². The predicted molar refractivity (Wildman–Crippen MR) is 117 cm³/mol. The summed E-state index contributed by atoms with van der Waals surface area (Å²) >= 11 is 12.2. The van der Waals surface area contributed by atoms with Crippen molar-refractivity contribution < 1.29 is 18.3 Å². The van der Waals surface area contributed by atoms with Gasteiger partial charge in [0.25, 0.3) is 0 Å². The molecule has 1 fully saturated rings. The summed E-state index contributed by atoms with van der Waals surface area (Å²) in [6, 6.07) is 10.4. The number of fused-ring (bicyclic) bond motifs is 1. The number of aliphatic carboxylic acids is 1. The molecule has 9 heteroatoms. The van der Waals surface area contributed by atoms with Gasteiger partial charge < -0.3 is 10.4 Å². The van der Waals surface area contributed by atoms with Gasteiger partial charge in [0.2, 0.25) is 14.8 Å². The van der Waals surface area contributed by atoms with Crippen LogP contribution in [0.3, 0.4) is 0 Å². The molecule has 1 aliphatic heterocycles. The molecule has 0 bridgehead atoms. The van der Waals surface area contributed by atoms with E-state index in [1.165, 1.54) is 4.31 Å². The Morgan fingerprint density at radius 1 is 1.17 bits per heavy atom. The lowest BCUT2D eigenvalue weighted by atomic mass is 9.92. The van der Waals surface area contributed by atoms with Gasteiger partial charge in [-0.15, -0.1) is 0 Å². The van der Waals surface area contributed by atoms with Crippen LogP contribution in [0.5, 0.6) is 0 Å². The van der Waals surface area contributed by atoms with Gasteiger partial charge in [-0.1, -0.05) is 54.4 Å². The van der Waals surface area contributed by atoms with Crippen molar-refractivity contribution in [2.75, 3.05) is 26.2 Å². The average Bonchev–Trinajstić information content (AvgIpc) is 3.04. The van der Waals surface area contributed by atoms with E-state index < -0.39 is 26.7 Å². The molecule has 0 saturated carbocycles. The predicted octanol–water partition coefficient (Wildman–Crippen LogP) is 3.37. The first-order valence-electron chi connectivity index (χ1n) is 9.73. The van der Waals surface area contributed by atoms with Crippen LogP contribution in [0.4, 0.5) is 0 Å². The molecule has 30 heavy (non-hydrogen) atoms. The first-order valence-corrected chi connectivity index (χ1v) is 11.9. The summed E-state index contributed by atoms with van der Waals surface area (Å²) < 4.78 is 26.8. The number of carboxylic acids is 1. The van der Waals surface area contributed by atoms with Crippen LogP contribution in [0.25, 0.3) is 11.1 Å². The zero-order chi connectivity index (χ0) is 21.7. The number of nitrogens with one attached hydrogen (secondary N) is 1. The summed E-state index contributed by atoms with van der Waals surface area (Å²) in [7, 11) is -4.15. The van der Waals surface area contributed by atoms with Gasteiger partial charge in [0.15, 0.2) is 0 Å². The maximum absolute atomic E-state index is 13.7. The fourth-order valence-electron chi connectivity index (χ4n) is 4.72. The fourth-order valence-corrected chi connectivity index (χ4v) is 7.37. The van der Waals surface area contributed by atoms with Gasteiger partial charge >= 0.3 is 5.97 Å². The summed E-state index contributed by atoms with van der Waals surface area (Å²) in [5.74, 6) is -1.97. The number of hydrogen-bond donors (Lipinski definition) is 2. The highest BCUT2D eigenvalue weighted by Gasteiger charge is 2.62. The summed E-state index contributed by atoms with van der Waals surface area (Å²) in [5.41, 5.74) is 2.61. The Morgan fingerprint density at radius 3 is 2.50 bits per heavy atom. The van der Waals surface area contributed by atoms with Gasteiger partial charge in [-0.3, -0.25) is 4.79 Å². The molecule has 2 atom stereocenters. The number of carbonyl (C=O) groups is 1. The Hall–Kier alpha value is -1.64. The maximum atomic E-state index is 13.7. The third-order valence-electron chi connectivity index (χ3n) is 6.15. The molecule has 160 valence electrons. The molecule has 4 rings (SSSR count). The molecule has 2 aliphatic rings. The summed E-state index contributed by atoms with van der Waals surface area (Å²) in [6.07, 6.45) is 0.337. The van der Waals surface area contributed by atoms with Gasteiger partial charge in [0, 0.05) is 26.2 Å². The first kappa shape index (κ1) is 21.6. The van der Waals surface area contributed by atoms with Crippen LogP contribution in [-0.4, -0.2) is 50.0 Å². The van der Waals surface area contributed by atoms with Crippen LogP contribution >= 0.6 is 23.2 Å². The topological polar surface area (TPSA) is 86.7 Å². The largest absolute Gasteiger partial charge is 0.480 e. The van der Waals surface area contributed by atoms with Crippen LogP contribution in [0.1, 0.15) is 18.1 Å². The fraction of sp³-hybridized carbons (Fsp3) is 0.381. The molecule has 0 spiro atoms. The second-order valence-electron chi connectivity index (χ2n) is 7.76. The van der Waals surface area contributed by atoms with Gasteiger partial charge in [-0.25, -0.2) is 8.42 Å². The lowest BCUT2D eigenvalue weighted by Crippen LogP contribution is -2.57. The van der Waals surface area contributed by atoms with Crippen LogP contribution < -0.4 is 5.32 Å². The van der Waals surface area contributed by atoms with E-state index in [2.05, 4.69) is 5.32 Å². The van der Waals surface area contributed by atoms with Crippen molar-refractivity contribution in [3.8, 4) is 11.1 Å². The number of piperazine rings is 1. The zero-order valence-corrected chi connectivity index (χ0v) is 18.7. The number of carboxylic acid groups (broad SMARTS) is 1.